The van der Waals surface area contributed by atoms with E-state index in [1.54, 1.807) is 19.1 Å². The van der Waals surface area contributed by atoms with Gasteiger partial charge in [0.1, 0.15) is 0 Å². The highest BCUT2D eigenvalue weighted by Gasteiger charge is 2.15. The van der Waals surface area contributed by atoms with E-state index in [1.165, 1.54) is 17.3 Å². The predicted molar refractivity (Wildman–Crippen MR) is 126 cm³/mol. The molecule has 164 valence electrons. The molecule has 3 aromatic rings. The average Bonchev–Trinajstić information content (AvgIpc) is 3.14. The second-order valence-electron chi connectivity index (χ2n) is 7.33. The number of nitrogens with one attached hydrogen (secondary N) is 1. The lowest BCUT2D eigenvalue weighted by molar-refractivity contribution is -0.113. The molecule has 1 amide bonds. The number of hydrogen-bond acceptors (Lipinski definition) is 5. The molecule has 0 aliphatic rings. The number of esters is 1. The normalized spacial score (nSPS) is 12.0. The molecule has 1 unspecified atom stereocenters. The summed E-state index contributed by atoms with van der Waals surface area (Å²) in [7, 11) is 0. The van der Waals surface area contributed by atoms with Gasteiger partial charge in [0, 0.05) is 12.2 Å². The van der Waals surface area contributed by atoms with Crippen LogP contribution in [0.1, 0.15) is 56.0 Å². The molecule has 0 saturated carbocycles. The minimum absolute atomic E-state index is 0.0804. The highest BCUT2D eigenvalue weighted by molar-refractivity contribution is 7.99. The van der Waals surface area contributed by atoms with Gasteiger partial charge in [-0.2, -0.15) is 0 Å². The van der Waals surface area contributed by atoms with Crippen LogP contribution in [0.4, 0.5) is 5.69 Å². The first kappa shape index (κ1) is 22.9. The molecule has 1 heterocycles. The highest BCUT2D eigenvalue weighted by Crippen LogP contribution is 2.26. The average molecular weight is 440 g/mol. The van der Waals surface area contributed by atoms with Crippen molar-refractivity contribution in [3.8, 4) is 0 Å². The summed E-state index contributed by atoms with van der Waals surface area (Å²) in [5.74, 6) is 0.319. The van der Waals surface area contributed by atoms with Crippen molar-refractivity contribution in [1.82, 2.24) is 9.55 Å². The fourth-order valence-corrected chi connectivity index (χ4v) is 4.20. The Hall–Kier alpha value is -2.80. The fourth-order valence-electron chi connectivity index (χ4n) is 3.32. The van der Waals surface area contributed by atoms with Crippen molar-refractivity contribution < 1.29 is 14.3 Å². The van der Waals surface area contributed by atoms with E-state index in [4.69, 9.17) is 4.74 Å². The monoisotopic (exact) mass is 439 g/mol. The number of carbonyl (C=O) groups excluding carboxylic acids is 2. The lowest BCUT2D eigenvalue weighted by Crippen LogP contribution is -2.14. The van der Waals surface area contributed by atoms with Crippen molar-refractivity contribution >= 4 is 40.4 Å². The first-order valence-electron chi connectivity index (χ1n) is 10.7. The third kappa shape index (κ3) is 5.47. The number of anilines is 1. The standard InChI is InChI=1S/C24H29N3O3S/c1-5-16(4)17-8-11-19(12-9-17)25-22(28)15-31-24-26-20-14-18(23(29)30-7-3)10-13-21(20)27(24)6-2/h8-14,16H,5-7,15H2,1-4H3,(H,25,28). The molecule has 1 aromatic heterocycles. The number of carbonyl (C=O) groups is 2. The van der Waals surface area contributed by atoms with Crippen molar-refractivity contribution in [3.05, 3.63) is 53.6 Å². The number of thioether (sulfide) groups is 1. The van der Waals surface area contributed by atoms with E-state index in [0.717, 1.165) is 34.8 Å². The van der Waals surface area contributed by atoms with E-state index in [2.05, 4.69) is 36.3 Å². The number of rotatable bonds is 9. The van der Waals surface area contributed by atoms with E-state index in [1.807, 2.05) is 29.7 Å². The molecule has 0 spiro atoms. The lowest BCUT2D eigenvalue weighted by Gasteiger charge is -2.10. The third-order valence-corrected chi connectivity index (χ3v) is 6.23. The second-order valence-corrected chi connectivity index (χ2v) is 8.27. The van der Waals surface area contributed by atoms with Gasteiger partial charge in [-0.1, -0.05) is 37.7 Å². The molecular formula is C24H29N3O3S. The lowest BCUT2D eigenvalue weighted by atomic mass is 9.99. The molecule has 0 fully saturated rings. The highest BCUT2D eigenvalue weighted by atomic mass is 32.2. The summed E-state index contributed by atoms with van der Waals surface area (Å²) in [5.41, 5.74) is 4.19. The van der Waals surface area contributed by atoms with Gasteiger partial charge in [0.15, 0.2) is 5.16 Å². The molecule has 0 aliphatic heterocycles. The third-order valence-electron chi connectivity index (χ3n) is 5.25. The molecule has 3 rings (SSSR count). The van der Waals surface area contributed by atoms with Gasteiger partial charge >= 0.3 is 5.97 Å². The SMILES string of the molecule is CCOC(=O)c1ccc2c(c1)nc(SCC(=O)Nc1ccc(C(C)CC)cc1)n2CC. The topological polar surface area (TPSA) is 73.2 Å². The summed E-state index contributed by atoms with van der Waals surface area (Å²) in [6, 6.07) is 13.4. The molecule has 0 bridgehead atoms. The Morgan fingerprint density at radius 3 is 2.52 bits per heavy atom. The van der Waals surface area contributed by atoms with Crippen LogP contribution in [0.15, 0.2) is 47.6 Å². The molecule has 0 saturated heterocycles. The maximum Gasteiger partial charge on any atom is 0.338 e. The molecule has 0 radical (unpaired) electrons. The van der Waals surface area contributed by atoms with E-state index in [9.17, 15) is 9.59 Å². The van der Waals surface area contributed by atoms with Gasteiger partial charge in [0.05, 0.1) is 29.0 Å². The number of amides is 1. The van der Waals surface area contributed by atoms with Crippen LogP contribution in [0.5, 0.6) is 0 Å². The van der Waals surface area contributed by atoms with Crippen LogP contribution in [0.3, 0.4) is 0 Å². The zero-order valence-electron chi connectivity index (χ0n) is 18.5. The van der Waals surface area contributed by atoms with Crippen molar-refractivity contribution in [2.45, 2.75) is 51.7 Å². The minimum atomic E-state index is -0.358. The number of hydrogen-bond donors (Lipinski definition) is 1. The number of aromatic nitrogens is 2. The number of ether oxygens (including phenoxy) is 1. The van der Waals surface area contributed by atoms with Crippen LogP contribution in [-0.2, 0) is 16.1 Å². The summed E-state index contributed by atoms with van der Waals surface area (Å²) in [6.07, 6.45) is 1.09. The summed E-state index contributed by atoms with van der Waals surface area (Å²) < 4.78 is 7.12. The van der Waals surface area contributed by atoms with Crippen LogP contribution in [0.2, 0.25) is 0 Å². The fraction of sp³-hybridized carbons (Fsp3) is 0.375. The van der Waals surface area contributed by atoms with E-state index < -0.39 is 0 Å². The van der Waals surface area contributed by atoms with E-state index in [0.29, 0.717) is 18.1 Å². The van der Waals surface area contributed by atoms with Crippen LogP contribution in [0, 0.1) is 0 Å². The van der Waals surface area contributed by atoms with Gasteiger partial charge < -0.3 is 14.6 Å². The van der Waals surface area contributed by atoms with Crippen molar-refractivity contribution in [2.24, 2.45) is 0 Å². The minimum Gasteiger partial charge on any atom is -0.462 e. The number of fused-ring (bicyclic) bond motifs is 1. The van der Waals surface area contributed by atoms with Crippen molar-refractivity contribution in [2.75, 3.05) is 17.7 Å². The van der Waals surface area contributed by atoms with Gasteiger partial charge in [-0.05, 0) is 62.1 Å². The predicted octanol–water partition coefficient (Wildman–Crippen LogP) is 5.48. The Morgan fingerprint density at radius 2 is 1.87 bits per heavy atom. The summed E-state index contributed by atoms with van der Waals surface area (Å²) in [4.78, 5) is 29.1. The van der Waals surface area contributed by atoms with Gasteiger partial charge in [-0.15, -0.1) is 0 Å². The molecule has 2 aromatic carbocycles. The van der Waals surface area contributed by atoms with Crippen LogP contribution in [0.25, 0.3) is 11.0 Å². The molecule has 31 heavy (non-hydrogen) atoms. The maximum absolute atomic E-state index is 12.5. The van der Waals surface area contributed by atoms with Crippen LogP contribution in [-0.4, -0.2) is 33.8 Å². The molecular weight excluding hydrogens is 410 g/mol. The molecule has 1 atom stereocenters. The van der Waals surface area contributed by atoms with Crippen LogP contribution < -0.4 is 5.32 Å². The summed E-state index contributed by atoms with van der Waals surface area (Å²) in [6.45, 7) is 9.22. The first-order valence-corrected chi connectivity index (χ1v) is 11.6. The Balaban J connectivity index is 1.68. The molecule has 1 N–H and O–H groups in total. The number of aryl methyl sites for hydroxylation is 1. The Labute approximate surface area is 187 Å². The Kier molecular flexibility index (Phi) is 7.74. The van der Waals surface area contributed by atoms with Crippen molar-refractivity contribution in [1.29, 1.82) is 0 Å². The van der Waals surface area contributed by atoms with Gasteiger partial charge in [-0.3, -0.25) is 4.79 Å². The van der Waals surface area contributed by atoms with Crippen LogP contribution >= 0.6 is 11.8 Å². The van der Waals surface area contributed by atoms with Gasteiger partial charge in [-0.25, -0.2) is 9.78 Å². The largest absolute Gasteiger partial charge is 0.462 e. The maximum atomic E-state index is 12.5. The zero-order valence-corrected chi connectivity index (χ0v) is 19.3. The molecule has 6 nitrogen and oxygen atoms in total. The Bertz CT molecular complexity index is 1060. The summed E-state index contributed by atoms with van der Waals surface area (Å²) in [5, 5.41) is 3.70. The zero-order chi connectivity index (χ0) is 22.4. The van der Waals surface area contributed by atoms with E-state index >= 15 is 0 Å². The number of nitrogens with zero attached hydrogens (tertiary/aromatic N) is 2. The van der Waals surface area contributed by atoms with Crippen molar-refractivity contribution in [3.63, 3.8) is 0 Å². The number of imidazole rings is 1. The smallest absolute Gasteiger partial charge is 0.338 e. The van der Waals surface area contributed by atoms with E-state index in [-0.39, 0.29) is 17.6 Å². The summed E-state index contributed by atoms with van der Waals surface area (Å²) >= 11 is 1.38. The van der Waals surface area contributed by atoms with Gasteiger partial charge in [0.25, 0.3) is 0 Å². The quantitative estimate of drug-likeness (QED) is 0.353. The van der Waals surface area contributed by atoms with Gasteiger partial charge in [0.2, 0.25) is 5.91 Å². The second kappa shape index (κ2) is 10.5. The molecule has 0 aliphatic carbocycles. The Morgan fingerprint density at radius 1 is 1.13 bits per heavy atom. The first-order chi connectivity index (χ1) is 15.0. The molecule has 7 heteroatoms. The number of benzene rings is 2.